The Morgan fingerprint density at radius 1 is 1.07 bits per heavy atom. The SMILES string of the molecule is CO[C@H]1CCN(c2cc(C(=O)N[C@@H](CCCP(=O)(O)O)C(=O)N3CCN(C(=O)O)CC3)nc(-c3ccccc3)c2)C1. The van der Waals surface area contributed by atoms with Gasteiger partial charge in [-0.3, -0.25) is 14.2 Å². The molecular formula is C27H36N5O8P. The summed E-state index contributed by atoms with van der Waals surface area (Å²) >= 11 is 0. The van der Waals surface area contributed by atoms with E-state index in [4.69, 9.17) is 4.74 Å². The Balaban J connectivity index is 1.58. The van der Waals surface area contributed by atoms with E-state index in [0.717, 1.165) is 24.2 Å². The second-order valence-electron chi connectivity index (χ2n) is 10.2. The highest BCUT2D eigenvalue weighted by atomic mass is 31.2. The monoisotopic (exact) mass is 589 g/mol. The summed E-state index contributed by atoms with van der Waals surface area (Å²) in [7, 11) is -2.63. The van der Waals surface area contributed by atoms with Crippen molar-refractivity contribution in [2.75, 3.05) is 57.4 Å². The lowest BCUT2D eigenvalue weighted by atomic mass is 10.1. The van der Waals surface area contributed by atoms with Crippen LogP contribution >= 0.6 is 7.60 Å². The summed E-state index contributed by atoms with van der Waals surface area (Å²) in [5, 5.41) is 12.0. The molecule has 2 atom stereocenters. The number of rotatable bonds is 10. The lowest BCUT2D eigenvalue weighted by Crippen LogP contribution is -2.55. The topological polar surface area (TPSA) is 173 Å². The fraction of sp³-hybridized carbons (Fsp3) is 0.481. The maximum Gasteiger partial charge on any atom is 0.407 e. The van der Waals surface area contributed by atoms with Gasteiger partial charge >= 0.3 is 13.7 Å². The molecule has 2 saturated heterocycles. The Morgan fingerprint density at radius 3 is 2.37 bits per heavy atom. The third-order valence-corrected chi connectivity index (χ3v) is 8.26. The van der Waals surface area contributed by atoms with Gasteiger partial charge in [-0.1, -0.05) is 30.3 Å². The maximum absolute atomic E-state index is 13.6. The van der Waals surface area contributed by atoms with Crippen LogP contribution in [-0.4, -0.2) is 112 Å². The van der Waals surface area contributed by atoms with Crippen molar-refractivity contribution in [3.63, 3.8) is 0 Å². The van der Waals surface area contributed by atoms with Gasteiger partial charge in [0.2, 0.25) is 5.91 Å². The highest BCUT2D eigenvalue weighted by molar-refractivity contribution is 7.51. The molecule has 0 aliphatic carbocycles. The Labute approximate surface area is 238 Å². The molecule has 0 spiro atoms. The molecule has 0 unspecified atom stereocenters. The van der Waals surface area contributed by atoms with E-state index in [0.29, 0.717) is 12.2 Å². The highest BCUT2D eigenvalue weighted by Crippen LogP contribution is 2.35. The number of benzene rings is 1. The van der Waals surface area contributed by atoms with E-state index >= 15 is 0 Å². The van der Waals surface area contributed by atoms with Crippen LogP contribution in [0.3, 0.4) is 0 Å². The Hall–Kier alpha value is -3.51. The normalized spacial score (nSPS) is 18.3. The van der Waals surface area contributed by atoms with E-state index in [-0.39, 0.29) is 50.8 Å². The van der Waals surface area contributed by atoms with E-state index in [1.54, 1.807) is 13.2 Å². The molecule has 0 radical (unpaired) electrons. The molecule has 4 rings (SSSR count). The third kappa shape index (κ3) is 8.26. The van der Waals surface area contributed by atoms with Crippen LogP contribution in [0.15, 0.2) is 42.5 Å². The minimum absolute atomic E-state index is 0.00169. The number of hydrogen-bond acceptors (Lipinski definition) is 7. The summed E-state index contributed by atoms with van der Waals surface area (Å²) in [5.74, 6) is -1.03. The number of nitrogens with one attached hydrogen (secondary N) is 1. The number of carbonyl (C=O) groups excluding carboxylic acids is 2. The number of ether oxygens (including phenoxy) is 1. The summed E-state index contributed by atoms with van der Waals surface area (Å²) in [6.45, 7) is 1.96. The molecule has 41 heavy (non-hydrogen) atoms. The first kappa shape index (κ1) is 30.4. The van der Waals surface area contributed by atoms with Crippen LogP contribution in [0.2, 0.25) is 0 Å². The van der Waals surface area contributed by atoms with Crippen LogP contribution in [0.4, 0.5) is 10.5 Å². The van der Waals surface area contributed by atoms with Crippen molar-refractivity contribution in [1.82, 2.24) is 20.1 Å². The van der Waals surface area contributed by atoms with E-state index in [1.807, 2.05) is 36.4 Å². The molecule has 13 nitrogen and oxygen atoms in total. The van der Waals surface area contributed by atoms with Crippen molar-refractivity contribution in [2.45, 2.75) is 31.4 Å². The second kappa shape index (κ2) is 13.4. The van der Waals surface area contributed by atoms with Gasteiger partial charge in [-0.05, 0) is 31.4 Å². The number of methoxy groups -OCH3 is 1. The van der Waals surface area contributed by atoms with Crippen LogP contribution in [-0.2, 0) is 14.1 Å². The van der Waals surface area contributed by atoms with Gasteiger partial charge in [-0.15, -0.1) is 0 Å². The van der Waals surface area contributed by atoms with Gasteiger partial charge in [0.05, 0.1) is 11.8 Å². The molecule has 2 fully saturated rings. The molecule has 4 N–H and O–H groups in total. The Kier molecular flexibility index (Phi) is 9.98. The lowest BCUT2D eigenvalue weighted by Gasteiger charge is -2.35. The van der Waals surface area contributed by atoms with Gasteiger partial charge in [-0.25, -0.2) is 9.78 Å². The molecule has 1 aromatic carbocycles. The number of carbonyl (C=O) groups is 3. The van der Waals surface area contributed by atoms with Crippen LogP contribution in [0, 0.1) is 0 Å². The summed E-state index contributed by atoms with van der Waals surface area (Å²) < 4.78 is 16.9. The molecule has 2 aromatic rings. The number of amides is 3. The van der Waals surface area contributed by atoms with Crippen LogP contribution in [0.1, 0.15) is 29.8 Å². The van der Waals surface area contributed by atoms with Crippen molar-refractivity contribution < 1.29 is 38.6 Å². The largest absolute Gasteiger partial charge is 0.465 e. The van der Waals surface area contributed by atoms with Crippen molar-refractivity contribution in [3.05, 3.63) is 48.2 Å². The standard InChI is InChI=1S/C27H36N5O8P/c1-40-21-9-10-32(18-21)20-16-23(19-6-3-2-4-7-19)28-24(17-20)25(33)29-22(8-5-15-41(37,38)39)26(34)30-11-13-31(14-12-30)27(35)36/h2-4,6-7,16-17,21-22H,5,8-15,18H2,1H3,(H,29,33)(H,35,36)(H2,37,38,39)/t21-,22-/m0/s1. The number of hydrogen-bond donors (Lipinski definition) is 4. The lowest BCUT2D eigenvalue weighted by molar-refractivity contribution is -0.135. The second-order valence-corrected chi connectivity index (χ2v) is 12.0. The Morgan fingerprint density at radius 2 is 1.76 bits per heavy atom. The summed E-state index contributed by atoms with van der Waals surface area (Å²) in [6.07, 6.45) is -0.586. The van der Waals surface area contributed by atoms with E-state index in [9.17, 15) is 33.8 Å². The molecule has 3 amide bonds. The highest BCUT2D eigenvalue weighted by Gasteiger charge is 2.31. The first-order valence-corrected chi connectivity index (χ1v) is 15.3. The third-order valence-electron chi connectivity index (χ3n) is 7.36. The number of piperazine rings is 1. The predicted molar refractivity (Wildman–Crippen MR) is 151 cm³/mol. The Bertz CT molecular complexity index is 1280. The molecule has 2 aliphatic heterocycles. The zero-order chi connectivity index (χ0) is 29.6. The molecule has 2 aliphatic rings. The summed E-state index contributed by atoms with van der Waals surface area (Å²) in [5.41, 5.74) is 2.29. The minimum atomic E-state index is -4.30. The number of nitrogens with zero attached hydrogens (tertiary/aromatic N) is 4. The quantitative estimate of drug-likeness (QED) is 0.300. The van der Waals surface area contributed by atoms with Crippen molar-refractivity contribution in [1.29, 1.82) is 0 Å². The predicted octanol–water partition coefficient (Wildman–Crippen LogP) is 1.85. The number of pyridine rings is 1. The van der Waals surface area contributed by atoms with Crippen LogP contribution in [0.25, 0.3) is 11.3 Å². The zero-order valence-electron chi connectivity index (χ0n) is 22.9. The van der Waals surface area contributed by atoms with Crippen LogP contribution in [0.5, 0.6) is 0 Å². The first-order valence-electron chi connectivity index (χ1n) is 13.5. The number of aromatic nitrogens is 1. The maximum atomic E-state index is 13.6. The fourth-order valence-electron chi connectivity index (χ4n) is 5.06. The average Bonchev–Trinajstić information content (AvgIpc) is 3.45. The average molecular weight is 590 g/mol. The number of anilines is 1. The van der Waals surface area contributed by atoms with E-state index in [2.05, 4.69) is 15.2 Å². The molecule has 222 valence electrons. The molecule has 3 heterocycles. The molecule has 14 heteroatoms. The van der Waals surface area contributed by atoms with Crippen molar-refractivity contribution >= 4 is 31.2 Å². The zero-order valence-corrected chi connectivity index (χ0v) is 23.8. The van der Waals surface area contributed by atoms with Gasteiger partial charge in [0.1, 0.15) is 11.7 Å². The van der Waals surface area contributed by atoms with E-state index < -0.39 is 37.7 Å². The van der Waals surface area contributed by atoms with Gasteiger partial charge in [0.25, 0.3) is 5.91 Å². The number of carboxylic acid groups (broad SMARTS) is 1. The molecule has 0 saturated carbocycles. The minimum Gasteiger partial charge on any atom is -0.465 e. The first-order chi connectivity index (χ1) is 19.5. The summed E-state index contributed by atoms with van der Waals surface area (Å²) in [6, 6.07) is 11.9. The van der Waals surface area contributed by atoms with Gasteiger partial charge in [0, 0.05) is 63.8 Å². The smallest absolute Gasteiger partial charge is 0.407 e. The molecule has 1 aromatic heterocycles. The van der Waals surface area contributed by atoms with Gasteiger partial charge in [0.15, 0.2) is 0 Å². The van der Waals surface area contributed by atoms with Crippen LogP contribution < -0.4 is 10.2 Å². The van der Waals surface area contributed by atoms with E-state index in [1.165, 1.54) is 9.80 Å². The molecule has 0 bridgehead atoms. The summed E-state index contributed by atoms with van der Waals surface area (Å²) in [4.78, 5) is 66.3. The van der Waals surface area contributed by atoms with Crippen molar-refractivity contribution in [3.8, 4) is 11.3 Å². The van der Waals surface area contributed by atoms with Gasteiger partial charge in [-0.2, -0.15) is 0 Å². The van der Waals surface area contributed by atoms with Gasteiger partial charge < -0.3 is 39.6 Å². The fourth-order valence-corrected chi connectivity index (χ4v) is 5.65. The molecular weight excluding hydrogens is 553 g/mol. The van der Waals surface area contributed by atoms with Crippen molar-refractivity contribution in [2.24, 2.45) is 0 Å².